The number of fused-ring (bicyclic) bond motifs is 3. The molecule has 0 spiro atoms. The summed E-state index contributed by atoms with van der Waals surface area (Å²) in [5, 5.41) is 2.94. The van der Waals surface area contributed by atoms with Gasteiger partial charge in [0.15, 0.2) is 35.0 Å². The predicted octanol–water partition coefficient (Wildman–Crippen LogP) is 4.19. The lowest BCUT2D eigenvalue weighted by molar-refractivity contribution is -0.191. The Labute approximate surface area is 299 Å². The van der Waals surface area contributed by atoms with Crippen LogP contribution in [-0.2, 0) is 20.0 Å². The van der Waals surface area contributed by atoms with Crippen molar-refractivity contribution >= 4 is 28.8 Å². The maximum absolute atomic E-state index is 13.9. The normalized spacial score (nSPS) is 22.5. The van der Waals surface area contributed by atoms with Crippen LogP contribution in [0.5, 0.6) is 11.5 Å². The second kappa shape index (κ2) is 12.7. The van der Waals surface area contributed by atoms with Gasteiger partial charge >= 0.3 is 5.79 Å². The maximum Gasteiger partial charge on any atom is 0.305 e. The van der Waals surface area contributed by atoms with E-state index in [4.69, 9.17) is 29.4 Å². The molecule has 2 saturated heterocycles. The van der Waals surface area contributed by atoms with Crippen LogP contribution in [0.1, 0.15) is 51.9 Å². The summed E-state index contributed by atoms with van der Waals surface area (Å²) >= 11 is 0. The second-order valence-electron chi connectivity index (χ2n) is 13.4. The number of hydrogen-bond donors (Lipinski definition) is 2. The molecule has 5 aromatic rings. The Balaban J connectivity index is 1.05. The number of ether oxygens (including phenoxy) is 5. The molecule has 14 nitrogen and oxygen atoms in total. The SMILES string of the molecule is CN(C)C(=O)c1cc2c(c(C(=O)NCC=C[C@H]3O[C@@H](n4cnc5c(N)ncnc54)[C@@H]4OC(C)(C)O[C@@H]43)c1)OC(c1ccccc1)(c1ccccc1)O2. The molecule has 0 bridgehead atoms. The zero-order valence-corrected chi connectivity index (χ0v) is 28.9. The summed E-state index contributed by atoms with van der Waals surface area (Å²) in [5.74, 6) is -2.22. The predicted molar refractivity (Wildman–Crippen MR) is 188 cm³/mol. The summed E-state index contributed by atoms with van der Waals surface area (Å²) in [6.45, 7) is 3.82. The number of benzene rings is 3. The van der Waals surface area contributed by atoms with Crippen LogP contribution in [0.15, 0.2) is 97.6 Å². The molecule has 266 valence electrons. The van der Waals surface area contributed by atoms with Crippen LogP contribution >= 0.6 is 0 Å². The van der Waals surface area contributed by atoms with E-state index in [2.05, 4.69) is 20.3 Å². The number of imidazole rings is 1. The number of hydrogen-bond acceptors (Lipinski definition) is 11. The molecule has 0 radical (unpaired) electrons. The number of amides is 2. The summed E-state index contributed by atoms with van der Waals surface area (Å²) < 4.78 is 34.0. The summed E-state index contributed by atoms with van der Waals surface area (Å²) in [6.07, 6.45) is 4.54. The zero-order valence-electron chi connectivity index (χ0n) is 28.9. The minimum absolute atomic E-state index is 0.132. The summed E-state index contributed by atoms with van der Waals surface area (Å²) in [4.78, 5) is 41.4. The molecule has 2 fully saturated rings. The van der Waals surface area contributed by atoms with Crippen LogP contribution in [0.4, 0.5) is 5.82 Å². The summed E-state index contributed by atoms with van der Waals surface area (Å²) in [5.41, 5.74) is 8.88. The fourth-order valence-corrected chi connectivity index (χ4v) is 6.86. The van der Waals surface area contributed by atoms with Gasteiger partial charge in [0.05, 0.1) is 11.9 Å². The molecule has 0 unspecified atom stereocenters. The molecule has 14 heteroatoms. The molecule has 3 N–H and O–H groups in total. The van der Waals surface area contributed by atoms with Gasteiger partial charge in [-0.3, -0.25) is 14.2 Å². The first kappa shape index (κ1) is 33.3. The minimum Gasteiger partial charge on any atom is -0.440 e. The van der Waals surface area contributed by atoms with Gasteiger partial charge < -0.3 is 39.6 Å². The number of anilines is 1. The molecule has 52 heavy (non-hydrogen) atoms. The van der Waals surface area contributed by atoms with Gasteiger partial charge in [-0.05, 0) is 26.0 Å². The average Bonchev–Trinajstić information content (AvgIpc) is 3.91. The van der Waals surface area contributed by atoms with Crippen LogP contribution in [-0.4, -0.2) is 81.0 Å². The van der Waals surface area contributed by atoms with E-state index in [-0.39, 0.29) is 40.9 Å². The van der Waals surface area contributed by atoms with Gasteiger partial charge in [-0.1, -0.05) is 72.8 Å². The van der Waals surface area contributed by atoms with E-state index in [1.807, 2.05) is 80.6 Å². The first-order valence-electron chi connectivity index (χ1n) is 16.8. The molecule has 2 aromatic heterocycles. The number of nitrogens with zero attached hydrogens (tertiary/aromatic N) is 5. The average molecular weight is 704 g/mol. The van der Waals surface area contributed by atoms with Crippen molar-refractivity contribution in [2.24, 2.45) is 0 Å². The Kier molecular flexibility index (Phi) is 8.16. The van der Waals surface area contributed by atoms with Gasteiger partial charge in [-0.15, -0.1) is 0 Å². The van der Waals surface area contributed by atoms with Crippen molar-refractivity contribution in [3.8, 4) is 11.5 Å². The lowest BCUT2D eigenvalue weighted by Gasteiger charge is -2.28. The van der Waals surface area contributed by atoms with Crippen LogP contribution in [0.25, 0.3) is 11.2 Å². The van der Waals surface area contributed by atoms with Gasteiger partial charge in [0.2, 0.25) is 0 Å². The Morgan fingerprint density at radius 3 is 2.33 bits per heavy atom. The molecule has 8 rings (SSSR count). The number of nitrogens with one attached hydrogen (secondary N) is 1. The van der Waals surface area contributed by atoms with E-state index in [1.165, 1.54) is 17.3 Å². The van der Waals surface area contributed by atoms with Crippen LogP contribution in [0.2, 0.25) is 0 Å². The van der Waals surface area contributed by atoms with E-state index in [9.17, 15) is 9.59 Å². The highest BCUT2D eigenvalue weighted by Crippen LogP contribution is 2.50. The van der Waals surface area contributed by atoms with E-state index in [0.717, 1.165) is 11.1 Å². The monoisotopic (exact) mass is 703 g/mol. The maximum atomic E-state index is 13.9. The Bertz CT molecular complexity index is 2150. The fourth-order valence-electron chi connectivity index (χ4n) is 6.86. The zero-order chi connectivity index (χ0) is 36.2. The summed E-state index contributed by atoms with van der Waals surface area (Å²) in [7, 11) is 3.29. The van der Waals surface area contributed by atoms with Crippen molar-refractivity contribution in [3.05, 3.63) is 120 Å². The highest BCUT2D eigenvalue weighted by molar-refractivity contribution is 6.03. The van der Waals surface area contributed by atoms with Crippen molar-refractivity contribution in [2.45, 2.75) is 50.0 Å². The summed E-state index contributed by atoms with van der Waals surface area (Å²) in [6, 6.07) is 22.1. The standard InChI is InChI=1S/C38H37N7O7/c1-37(2)50-30-26(48-36(31(30)51-37)45-21-43-28-32(39)41-20-42-33(28)45)16-11-17-40-34(46)25-18-22(35(47)44(3)4)19-27-29(25)52-38(49-27,23-12-7-5-8-13-23)24-14-9-6-10-15-24/h5-16,18-21,26,30-31,36H,17H2,1-4H3,(H,40,46)(H2,39,41,42)/t26-,30-,31-,36-/m1/s1. The number of rotatable bonds is 8. The molecule has 5 heterocycles. The molecule has 3 aromatic carbocycles. The molecule has 3 aliphatic heterocycles. The van der Waals surface area contributed by atoms with E-state index >= 15 is 0 Å². The third-order valence-corrected chi connectivity index (χ3v) is 9.19. The molecular formula is C38H37N7O7. The van der Waals surface area contributed by atoms with Crippen molar-refractivity contribution < 1.29 is 33.3 Å². The minimum atomic E-state index is -1.39. The first-order valence-corrected chi connectivity index (χ1v) is 16.8. The molecule has 0 saturated carbocycles. The number of nitrogens with two attached hydrogens (primary N) is 1. The highest BCUT2D eigenvalue weighted by Gasteiger charge is 2.55. The van der Waals surface area contributed by atoms with Gasteiger partial charge in [0, 0.05) is 37.3 Å². The molecule has 2 amide bonds. The molecule has 4 atom stereocenters. The quantitative estimate of drug-likeness (QED) is 0.223. The van der Waals surface area contributed by atoms with Crippen LogP contribution < -0.4 is 20.5 Å². The molecular weight excluding hydrogens is 666 g/mol. The largest absolute Gasteiger partial charge is 0.440 e. The Morgan fingerprint density at radius 1 is 0.942 bits per heavy atom. The van der Waals surface area contributed by atoms with Crippen molar-refractivity contribution in [2.75, 3.05) is 26.4 Å². The van der Waals surface area contributed by atoms with Gasteiger partial charge in [-0.25, -0.2) is 15.0 Å². The number of carbonyl (C=O) groups is 2. The second-order valence-corrected chi connectivity index (χ2v) is 13.4. The molecule has 0 aliphatic carbocycles. The highest BCUT2D eigenvalue weighted by atomic mass is 16.8. The van der Waals surface area contributed by atoms with Crippen LogP contribution in [0, 0.1) is 0 Å². The van der Waals surface area contributed by atoms with Crippen molar-refractivity contribution in [1.82, 2.24) is 29.7 Å². The number of nitrogen functional groups attached to an aromatic ring is 1. The third kappa shape index (κ3) is 5.70. The third-order valence-electron chi connectivity index (χ3n) is 9.19. The van der Waals surface area contributed by atoms with Gasteiger partial charge in [0.25, 0.3) is 11.8 Å². The molecule has 3 aliphatic rings. The van der Waals surface area contributed by atoms with Crippen LogP contribution in [0.3, 0.4) is 0 Å². The van der Waals surface area contributed by atoms with Gasteiger partial charge in [0.1, 0.15) is 30.2 Å². The first-order chi connectivity index (χ1) is 25.0. The topological polar surface area (TPSA) is 165 Å². The lowest BCUT2D eigenvalue weighted by Crippen LogP contribution is -2.37. The number of aromatic nitrogens is 4. The lowest BCUT2D eigenvalue weighted by atomic mass is 9.97. The number of carbonyl (C=O) groups excluding carboxylic acids is 2. The van der Waals surface area contributed by atoms with E-state index < -0.39 is 42.0 Å². The van der Waals surface area contributed by atoms with Crippen molar-refractivity contribution in [1.29, 1.82) is 0 Å². The van der Waals surface area contributed by atoms with E-state index in [1.54, 1.807) is 37.1 Å². The van der Waals surface area contributed by atoms with Gasteiger partial charge in [-0.2, -0.15) is 0 Å². The van der Waals surface area contributed by atoms with Crippen molar-refractivity contribution in [3.63, 3.8) is 0 Å². The fraction of sp³-hybridized carbons (Fsp3) is 0.289. The Morgan fingerprint density at radius 2 is 1.63 bits per heavy atom. The Hall–Kier alpha value is -5.83. The smallest absolute Gasteiger partial charge is 0.305 e. The van der Waals surface area contributed by atoms with E-state index in [0.29, 0.717) is 11.2 Å².